The second kappa shape index (κ2) is 7.77. The second-order valence-electron chi connectivity index (χ2n) is 6.26. The summed E-state index contributed by atoms with van der Waals surface area (Å²) < 4.78 is 5.62. The van der Waals surface area contributed by atoms with E-state index in [1.165, 1.54) is 24.0 Å². The molecule has 1 aliphatic rings. The van der Waals surface area contributed by atoms with E-state index in [-0.39, 0.29) is 5.91 Å². The predicted molar refractivity (Wildman–Crippen MR) is 97.2 cm³/mol. The van der Waals surface area contributed by atoms with Crippen molar-refractivity contribution in [2.75, 3.05) is 32.6 Å². The zero-order valence-corrected chi connectivity index (χ0v) is 15.0. The number of aromatic nitrogens is 1. The first kappa shape index (κ1) is 16.9. The molecule has 0 bridgehead atoms. The fourth-order valence-corrected chi connectivity index (χ4v) is 3.85. The van der Waals surface area contributed by atoms with Crippen LogP contribution in [0.1, 0.15) is 33.6 Å². The molecule has 2 aromatic heterocycles. The van der Waals surface area contributed by atoms with Crippen LogP contribution < -0.4 is 10.1 Å². The zero-order chi connectivity index (χ0) is 16.9. The zero-order valence-electron chi connectivity index (χ0n) is 14.2. The van der Waals surface area contributed by atoms with E-state index in [9.17, 15) is 4.79 Å². The molecule has 24 heavy (non-hydrogen) atoms. The number of rotatable bonds is 6. The van der Waals surface area contributed by atoms with Crippen LogP contribution in [-0.4, -0.2) is 43.0 Å². The van der Waals surface area contributed by atoms with Gasteiger partial charge in [-0.25, -0.2) is 4.98 Å². The molecule has 1 aliphatic carbocycles. The molecule has 0 spiro atoms. The van der Waals surface area contributed by atoms with Crippen molar-refractivity contribution in [2.45, 2.75) is 25.7 Å². The highest BCUT2D eigenvalue weighted by atomic mass is 32.1. The van der Waals surface area contributed by atoms with Gasteiger partial charge in [0.25, 0.3) is 5.91 Å². The second-order valence-corrected chi connectivity index (χ2v) is 7.14. The number of fused-ring (bicyclic) bond motifs is 1. The number of aryl methyl sites for hydroxylation is 1. The number of hydrogen-bond donors (Lipinski definition) is 1. The van der Waals surface area contributed by atoms with Gasteiger partial charge in [0, 0.05) is 24.5 Å². The van der Waals surface area contributed by atoms with Crippen molar-refractivity contribution in [3.8, 4) is 5.88 Å². The summed E-state index contributed by atoms with van der Waals surface area (Å²) in [5.41, 5.74) is 3.30. The Labute approximate surface area is 146 Å². The Bertz CT molecular complexity index is 712. The Kier molecular flexibility index (Phi) is 5.48. The monoisotopic (exact) mass is 345 g/mol. The van der Waals surface area contributed by atoms with Crippen LogP contribution in [-0.2, 0) is 12.8 Å². The first-order valence-electron chi connectivity index (χ1n) is 8.27. The van der Waals surface area contributed by atoms with Crippen LogP contribution in [0.5, 0.6) is 5.88 Å². The molecule has 0 unspecified atom stereocenters. The van der Waals surface area contributed by atoms with Crippen molar-refractivity contribution in [1.29, 1.82) is 0 Å². The topological polar surface area (TPSA) is 54.5 Å². The van der Waals surface area contributed by atoms with Gasteiger partial charge in [-0.15, -0.1) is 11.3 Å². The molecular formula is C18H23N3O2S. The summed E-state index contributed by atoms with van der Waals surface area (Å²) in [6.07, 6.45) is 6.16. The smallest absolute Gasteiger partial charge is 0.266 e. The number of nitrogens with zero attached hydrogens (tertiary/aromatic N) is 2. The molecule has 3 rings (SSSR count). The third kappa shape index (κ3) is 4.13. The third-order valence-corrected chi connectivity index (χ3v) is 5.16. The van der Waals surface area contributed by atoms with Crippen LogP contribution in [0, 0.1) is 0 Å². The highest BCUT2D eigenvalue weighted by Gasteiger charge is 2.20. The van der Waals surface area contributed by atoms with Gasteiger partial charge in [0.15, 0.2) is 0 Å². The molecule has 0 aliphatic heterocycles. The minimum absolute atomic E-state index is 0.0337. The highest BCUT2D eigenvalue weighted by Crippen LogP contribution is 2.30. The summed E-state index contributed by atoms with van der Waals surface area (Å²) >= 11 is 1.55. The predicted octanol–water partition coefficient (Wildman–Crippen LogP) is 3.21. The van der Waals surface area contributed by atoms with Crippen LogP contribution in [0.15, 0.2) is 23.7 Å². The van der Waals surface area contributed by atoms with Gasteiger partial charge in [0.2, 0.25) is 5.88 Å². The van der Waals surface area contributed by atoms with Crippen LogP contribution in [0.2, 0.25) is 0 Å². The number of nitrogens with one attached hydrogen (secondary N) is 1. The number of hydrogen-bond acceptors (Lipinski definition) is 5. The maximum atomic E-state index is 12.6. The number of likely N-dealkylation sites (N-methyl/N-ethyl adjacent to an activating group) is 1. The van der Waals surface area contributed by atoms with E-state index in [0.717, 1.165) is 24.3 Å². The average molecular weight is 345 g/mol. The fourth-order valence-electron chi connectivity index (χ4n) is 2.80. The lowest BCUT2D eigenvalue weighted by molar-refractivity contribution is 0.102. The molecule has 0 fully saturated rings. The lowest BCUT2D eigenvalue weighted by Gasteiger charge is -2.13. The van der Waals surface area contributed by atoms with Crippen LogP contribution in [0.25, 0.3) is 0 Å². The van der Waals surface area contributed by atoms with E-state index < -0.39 is 0 Å². The van der Waals surface area contributed by atoms with E-state index >= 15 is 0 Å². The maximum Gasteiger partial charge on any atom is 0.266 e. The summed E-state index contributed by atoms with van der Waals surface area (Å²) in [7, 11) is 3.99. The Morgan fingerprint density at radius 3 is 3.04 bits per heavy atom. The maximum absolute atomic E-state index is 12.6. The first-order chi connectivity index (χ1) is 11.6. The molecule has 5 nitrogen and oxygen atoms in total. The number of amides is 1. The Morgan fingerprint density at radius 2 is 2.21 bits per heavy atom. The van der Waals surface area contributed by atoms with Gasteiger partial charge in [-0.1, -0.05) is 0 Å². The van der Waals surface area contributed by atoms with E-state index in [4.69, 9.17) is 4.74 Å². The van der Waals surface area contributed by atoms with E-state index in [2.05, 4.69) is 15.7 Å². The molecular weight excluding hydrogens is 322 g/mol. The van der Waals surface area contributed by atoms with Crippen molar-refractivity contribution >= 4 is 22.9 Å². The quantitative estimate of drug-likeness (QED) is 0.873. The summed E-state index contributed by atoms with van der Waals surface area (Å²) in [5.74, 6) is 0.497. The van der Waals surface area contributed by atoms with Crippen molar-refractivity contribution in [1.82, 2.24) is 9.88 Å². The summed E-state index contributed by atoms with van der Waals surface area (Å²) in [6, 6.07) is 3.56. The fraction of sp³-hybridized carbons (Fsp3) is 0.444. The van der Waals surface area contributed by atoms with Gasteiger partial charge in [-0.2, -0.15) is 0 Å². The van der Waals surface area contributed by atoms with Crippen LogP contribution in [0.4, 0.5) is 5.69 Å². The lowest BCUT2D eigenvalue weighted by atomic mass is 9.94. The number of ether oxygens (including phenoxy) is 1. The Hall–Kier alpha value is -1.92. The van der Waals surface area contributed by atoms with Gasteiger partial charge >= 0.3 is 0 Å². The summed E-state index contributed by atoms with van der Waals surface area (Å²) in [4.78, 5) is 19.7. The molecule has 128 valence electrons. The number of anilines is 1. The standard InChI is InChI=1S/C18H23N3O2S/c1-21(2)9-10-23-16-11-14(7-8-19-16)20-18(22)17-15-6-4-3-5-13(15)12-24-17/h7-8,11-12H,3-6,9-10H2,1-2H3,(H,19,20,22). The summed E-state index contributed by atoms with van der Waals surface area (Å²) in [5, 5.41) is 5.11. The van der Waals surface area contributed by atoms with Crippen molar-refractivity contribution in [3.63, 3.8) is 0 Å². The molecule has 6 heteroatoms. The Balaban J connectivity index is 1.65. The Morgan fingerprint density at radius 1 is 1.38 bits per heavy atom. The number of carbonyl (C=O) groups excluding carboxylic acids is 1. The van der Waals surface area contributed by atoms with Gasteiger partial charge < -0.3 is 15.0 Å². The van der Waals surface area contributed by atoms with Gasteiger partial charge in [-0.05, 0) is 62.4 Å². The van der Waals surface area contributed by atoms with Crippen LogP contribution >= 0.6 is 11.3 Å². The number of thiophene rings is 1. The van der Waals surface area contributed by atoms with Crippen molar-refractivity contribution in [3.05, 3.63) is 39.7 Å². The molecule has 2 heterocycles. The largest absolute Gasteiger partial charge is 0.476 e. The van der Waals surface area contributed by atoms with Gasteiger partial charge in [0.05, 0.1) is 4.88 Å². The first-order valence-corrected chi connectivity index (χ1v) is 9.15. The number of pyridine rings is 1. The minimum Gasteiger partial charge on any atom is -0.476 e. The van der Waals surface area contributed by atoms with Crippen molar-refractivity contribution < 1.29 is 9.53 Å². The average Bonchev–Trinajstić information content (AvgIpc) is 2.99. The SMILES string of the molecule is CN(C)CCOc1cc(NC(=O)c2scc3c2CCCC3)ccn1. The van der Waals surface area contributed by atoms with Gasteiger partial charge in [-0.3, -0.25) is 4.79 Å². The molecule has 1 N–H and O–H groups in total. The number of carbonyl (C=O) groups is 1. The summed E-state index contributed by atoms with van der Waals surface area (Å²) in [6.45, 7) is 1.38. The molecule has 2 aromatic rings. The van der Waals surface area contributed by atoms with E-state index in [0.29, 0.717) is 18.2 Å². The molecule has 0 saturated carbocycles. The van der Waals surface area contributed by atoms with Crippen molar-refractivity contribution in [2.24, 2.45) is 0 Å². The molecule has 0 saturated heterocycles. The minimum atomic E-state index is -0.0337. The highest BCUT2D eigenvalue weighted by molar-refractivity contribution is 7.12. The van der Waals surface area contributed by atoms with E-state index in [1.807, 2.05) is 19.0 Å². The van der Waals surface area contributed by atoms with Crippen LogP contribution in [0.3, 0.4) is 0 Å². The molecule has 1 amide bonds. The van der Waals surface area contributed by atoms with E-state index in [1.54, 1.807) is 29.7 Å². The molecule has 0 radical (unpaired) electrons. The molecule has 0 aromatic carbocycles. The lowest BCUT2D eigenvalue weighted by Crippen LogP contribution is -2.19. The normalized spacial score (nSPS) is 13.6. The van der Waals surface area contributed by atoms with Gasteiger partial charge in [0.1, 0.15) is 6.61 Å². The molecule has 0 atom stereocenters. The third-order valence-electron chi connectivity index (χ3n) is 4.09.